The normalized spacial score (nSPS) is 9.57. The van der Waals surface area contributed by atoms with Gasteiger partial charge >= 0.3 is 5.97 Å². The average Bonchev–Trinajstić information content (AvgIpc) is 2.17. The first-order valence-electron chi connectivity index (χ1n) is 3.90. The first kappa shape index (κ1) is 10.7. The standard InChI is InChI=1S/C8H9ClN2O3/c1-13-8(12)2-3-14-6-4-7(9)11-10-5-6/h4-5H,2-3H2,1H3. The van der Waals surface area contributed by atoms with Crippen LogP contribution in [-0.2, 0) is 9.53 Å². The maximum atomic E-state index is 10.7. The Kier molecular flexibility index (Phi) is 4.12. The molecule has 0 aliphatic heterocycles. The van der Waals surface area contributed by atoms with E-state index < -0.39 is 0 Å². The number of methoxy groups -OCH3 is 1. The Balaban J connectivity index is 2.35. The number of hydrogen-bond acceptors (Lipinski definition) is 5. The lowest BCUT2D eigenvalue weighted by Gasteiger charge is -2.03. The van der Waals surface area contributed by atoms with Crippen LogP contribution in [0.4, 0.5) is 0 Å². The summed E-state index contributed by atoms with van der Waals surface area (Å²) in [5.74, 6) is 0.159. The molecule has 0 N–H and O–H groups in total. The molecule has 6 heteroatoms. The van der Waals surface area contributed by atoms with Gasteiger partial charge in [-0.25, -0.2) is 0 Å². The summed E-state index contributed by atoms with van der Waals surface area (Å²) in [5.41, 5.74) is 0. The van der Waals surface area contributed by atoms with Crippen molar-refractivity contribution in [2.45, 2.75) is 6.42 Å². The van der Waals surface area contributed by atoms with Crippen LogP contribution in [0.2, 0.25) is 5.15 Å². The van der Waals surface area contributed by atoms with Crippen LogP contribution in [0.1, 0.15) is 6.42 Å². The summed E-state index contributed by atoms with van der Waals surface area (Å²) < 4.78 is 9.61. The Bertz CT molecular complexity index is 319. The van der Waals surface area contributed by atoms with E-state index in [4.69, 9.17) is 16.3 Å². The summed E-state index contributed by atoms with van der Waals surface area (Å²) in [5, 5.41) is 7.37. The molecule has 0 aromatic carbocycles. The number of esters is 1. The molecule has 0 radical (unpaired) electrons. The highest BCUT2D eigenvalue weighted by Crippen LogP contribution is 2.12. The summed E-state index contributed by atoms with van der Waals surface area (Å²) in [7, 11) is 1.33. The predicted octanol–water partition coefficient (Wildman–Crippen LogP) is 1.07. The molecule has 76 valence electrons. The van der Waals surface area contributed by atoms with Gasteiger partial charge in [-0.3, -0.25) is 4.79 Å². The lowest BCUT2D eigenvalue weighted by Crippen LogP contribution is -2.07. The molecule has 14 heavy (non-hydrogen) atoms. The molecule has 1 aromatic heterocycles. The zero-order valence-electron chi connectivity index (χ0n) is 7.57. The van der Waals surface area contributed by atoms with Crippen molar-refractivity contribution in [3.63, 3.8) is 0 Å². The molecule has 0 aliphatic rings. The molecule has 0 saturated carbocycles. The van der Waals surface area contributed by atoms with Gasteiger partial charge in [0.1, 0.15) is 5.75 Å². The molecule has 0 fully saturated rings. The number of carbonyl (C=O) groups is 1. The second-order valence-electron chi connectivity index (χ2n) is 2.39. The van der Waals surface area contributed by atoms with Crippen molar-refractivity contribution < 1.29 is 14.3 Å². The second-order valence-corrected chi connectivity index (χ2v) is 2.78. The van der Waals surface area contributed by atoms with Crippen molar-refractivity contribution in [1.29, 1.82) is 0 Å². The van der Waals surface area contributed by atoms with Crippen LogP contribution in [0.3, 0.4) is 0 Å². The van der Waals surface area contributed by atoms with E-state index in [0.717, 1.165) is 0 Å². The van der Waals surface area contributed by atoms with Crippen molar-refractivity contribution in [3.05, 3.63) is 17.4 Å². The van der Waals surface area contributed by atoms with Gasteiger partial charge in [-0.1, -0.05) is 11.6 Å². The van der Waals surface area contributed by atoms with E-state index in [-0.39, 0.29) is 24.2 Å². The molecule has 1 heterocycles. The minimum Gasteiger partial charge on any atom is -0.491 e. The second kappa shape index (κ2) is 5.39. The fraction of sp³-hybridized carbons (Fsp3) is 0.375. The summed E-state index contributed by atoms with van der Waals surface area (Å²) in [6, 6.07) is 1.52. The van der Waals surface area contributed by atoms with Crippen molar-refractivity contribution in [2.24, 2.45) is 0 Å². The Morgan fingerprint density at radius 2 is 2.43 bits per heavy atom. The molecule has 1 rings (SSSR count). The third kappa shape index (κ3) is 3.57. The molecule has 0 spiro atoms. The van der Waals surface area contributed by atoms with Crippen molar-refractivity contribution in [1.82, 2.24) is 10.2 Å². The van der Waals surface area contributed by atoms with Gasteiger partial charge in [-0.05, 0) is 0 Å². The number of ether oxygens (including phenoxy) is 2. The zero-order valence-corrected chi connectivity index (χ0v) is 8.32. The summed E-state index contributed by atoms with van der Waals surface area (Å²) in [6.45, 7) is 0.231. The minimum absolute atomic E-state index is 0.191. The van der Waals surface area contributed by atoms with Crippen LogP contribution in [0.25, 0.3) is 0 Å². The zero-order chi connectivity index (χ0) is 10.4. The van der Waals surface area contributed by atoms with Gasteiger partial charge in [0, 0.05) is 6.07 Å². The maximum Gasteiger partial charge on any atom is 0.308 e. The Labute approximate surface area is 86.0 Å². The van der Waals surface area contributed by atoms with Crippen LogP contribution in [0.15, 0.2) is 12.3 Å². The van der Waals surface area contributed by atoms with E-state index in [2.05, 4.69) is 14.9 Å². The molecule has 0 atom stereocenters. The number of halogens is 1. The van der Waals surface area contributed by atoms with Gasteiger partial charge in [0.25, 0.3) is 0 Å². The monoisotopic (exact) mass is 216 g/mol. The number of nitrogens with zero attached hydrogens (tertiary/aromatic N) is 2. The lowest BCUT2D eigenvalue weighted by molar-refractivity contribution is -0.141. The number of rotatable bonds is 4. The number of carbonyl (C=O) groups excluding carboxylic acids is 1. The topological polar surface area (TPSA) is 61.3 Å². The molecule has 1 aromatic rings. The Morgan fingerprint density at radius 1 is 1.64 bits per heavy atom. The van der Waals surface area contributed by atoms with Crippen LogP contribution >= 0.6 is 11.6 Å². The highest BCUT2D eigenvalue weighted by molar-refractivity contribution is 6.29. The van der Waals surface area contributed by atoms with Gasteiger partial charge in [-0.2, -0.15) is 5.10 Å². The summed E-state index contributed by atoms with van der Waals surface area (Å²) in [6.07, 6.45) is 1.61. The van der Waals surface area contributed by atoms with E-state index >= 15 is 0 Å². The number of aromatic nitrogens is 2. The van der Waals surface area contributed by atoms with E-state index in [1.807, 2.05) is 0 Å². The van der Waals surface area contributed by atoms with Crippen molar-refractivity contribution >= 4 is 17.6 Å². The van der Waals surface area contributed by atoms with Crippen LogP contribution in [0.5, 0.6) is 5.75 Å². The van der Waals surface area contributed by atoms with E-state index in [0.29, 0.717) is 5.75 Å². The molecule has 5 nitrogen and oxygen atoms in total. The summed E-state index contributed by atoms with van der Waals surface area (Å²) >= 11 is 5.57. The minimum atomic E-state index is -0.321. The Morgan fingerprint density at radius 3 is 3.07 bits per heavy atom. The van der Waals surface area contributed by atoms with Crippen LogP contribution in [0, 0.1) is 0 Å². The molecule has 0 bridgehead atoms. The van der Waals surface area contributed by atoms with Gasteiger partial charge in [0.2, 0.25) is 0 Å². The molecule has 0 unspecified atom stereocenters. The largest absolute Gasteiger partial charge is 0.491 e. The van der Waals surface area contributed by atoms with Crippen molar-refractivity contribution in [3.8, 4) is 5.75 Å². The third-order valence-electron chi connectivity index (χ3n) is 1.40. The average molecular weight is 217 g/mol. The fourth-order valence-corrected chi connectivity index (χ4v) is 0.909. The van der Waals surface area contributed by atoms with Gasteiger partial charge in [0.15, 0.2) is 5.15 Å². The highest BCUT2D eigenvalue weighted by atomic mass is 35.5. The fourth-order valence-electron chi connectivity index (χ4n) is 0.758. The van der Waals surface area contributed by atoms with Gasteiger partial charge in [-0.15, -0.1) is 5.10 Å². The first-order chi connectivity index (χ1) is 6.72. The van der Waals surface area contributed by atoms with Gasteiger partial charge < -0.3 is 9.47 Å². The van der Waals surface area contributed by atoms with E-state index in [1.165, 1.54) is 19.4 Å². The highest BCUT2D eigenvalue weighted by Gasteiger charge is 2.01. The molecule has 0 saturated heterocycles. The molecule has 0 amide bonds. The Hall–Kier alpha value is -1.36. The quantitative estimate of drug-likeness (QED) is 0.705. The van der Waals surface area contributed by atoms with E-state index in [9.17, 15) is 4.79 Å². The third-order valence-corrected chi connectivity index (χ3v) is 1.59. The lowest BCUT2D eigenvalue weighted by atomic mass is 10.4. The predicted molar refractivity (Wildman–Crippen MR) is 49.2 cm³/mol. The SMILES string of the molecule is COC(=O)CCOc1cnnc(Cl)c1. The first-order valence-corrected chi connectivity index (χ1v) is 4.28. The number of hydrogen-bond donors (Lipinski definition) is 0. The van der Waals surface area contributed by atoms with Crippen LogP contribution in [-0.4, -0.2) is 29.9 Å². The van der Waals surface area contributed by atoms with Crippen LogP contribution < -0.4 is 4.74 Å². The maximum absolute atomic E-state index is 10.7. The smallest absolute Gasteiger partial charge is 0.308 e. The molecular formula is C8H9ClN2O3. The molecule has 0 aliphatic carbocycles. The molecular weight excluding hydrogens is 208 g/mol. The summed E-state index contributed by atoms with van der Waals surface area (Å²) in [4.78, 5) is 10.7. The van der Waals surface area contributed by atoms with Gasteiger partial charge in [0.05, 0.1) is 26.3 Å². The van der Waals surface area contributed by atoms with E-state index in [1.54, 1.807) is 0 Å². The van der Waals surface area contributed by atoms with Crippen molar-refractivity contribution in [2.75, 3.05) is 13.7 Å².